The fourth-order valence-corrected chi connectivity index (χ4v) is 4.29. The Morgan fingerprint density at radius 3 is 2.52 bits per heavy atom. The van der Waals surface area contributed by atoms with E-state index >= 15 is 0 Å². The molecule has 5 heteroatoms. The Labute approximate surface area is 141 Å². The van der Waals surface area contributed by atoms with Crippen molar-refractivity contribution in [1.82, 2.24) is 4.90 Å². The molecule has 1 saturated carbocycles. The predicted octanol–water partition coefficient (Wildman–Crippen LogP) is 2.98. The van der Waals surface area contributed by atoms with Gasteiger partial charge in [-0.05, 0) is 36.5 Å². The van der Waals surface area contributed by atoms with Gasteiger partial charge in [0.05, 0.1) is 17.4 Å². The second-order valence-electron chi connectivity index (χ2n) is 6.40. The molecule has 1 aliphatic carbocycles. The highest BCUT2D eigenvalue weighted by atomic mass is 32.2. The lowest BCUT2D eigenvalue weighted by molar-refractivity contribution is -0.130. The first-order valence-electron chi connectivity index (χ1n) is 8.25. The minimum Gasteiger partial charge on any atom is -0.380 e. The lowest BCUT2D eigenvalue weighted by Gasteiger charge is -2.36. The maximum Gasteiger partial charge on any atom is 0.235 e. The van der Waals surface area contributed by atoms with Crippen LogP contribution in [0.2, 0.25) is 0 Å². The molecule has 1 amide bonds. The molecule has 2 rings (SSSR count). The number of benzene rings is 1. The van der Waals surface area contributed by atoms with Gasteiger partial charge in [-0.15, -0.1) is 0 Å². The van der Waals surface area contributed by atoms with Crippen molar-refractivity contribution in [2.45, 2.75) is 50.2 Å². The number of hydrogen-bond acceptors (Lipinski definition) is 3. The molecular weight excluding hydrogens is 310 g/mol. The number of amides is 1. The topological polar surface area (TPSA) is 46.6 Å². The fraction of sp³-hybridized carbons (Fsp3) is 0.611. The quantitative estimate of drug-likeness (QED) is 0.802. The summed E-state index contributed by atoms with van der Waals surface area (Å²) in [6.45, 7) is 2.74. The third kappa shape index (κ3) is 4.88. The second-order valence-corrected chi connectivity index (χ2v) is 7.85. The number of carbonyl (C=O) groups excluding carboxylic acids is 1. The molecule has 1 aromatic rings. The largest absolute Gasteiger partial charge is 0.380 e. The normalized spacial score (nSPS) is 22.6. The predicted molar refractivity (Wildman–Crippen MR) is 92.6 cm³/mol. The van der Waals surface area contributed by atoms with Crippen LogP contribution in [0.3, 0.4) is 0 Å². The lowest BCUT2D eigenvalue weighted by Crippen LogP contribution is -2.44. The molecule has 3 atom stereocenters. The molecule has 0 radical (unpaired) electrons. The molecule has 128 valence electrons. The number of nitrogens with zero attached hydrogens (tertiary/aromatic N) is 1. The fourth-order valence-electron chi connectivity index (χ4n) is 3.26. The van der Waals surface area contributed by atoms with Gasteiger partial charge in [-0.2, -0.15) is 0 Å². The van der Waals surface area contributed by atoms with E-state index in [1.807, 2.05) is 36.2 Å². The molecule has 0 N–H and O–H groups in total. The smallest absolute Gasteiger partial charge is 0.235 e. The summed E-state index contributed by atoms with van der Waals surface area (Å²) in [5, 5.41) is 0. The van der Waals surface area contributed by atoms with Crippen LogP contribution in [-0.2, 0) is 26.9 Å². The van der Waals surface area contributed by atoms with Crippen molar-refractivity contribution in [3.8, 4) is 0 Å². The van der Waals surface area contributed by atoms with Crippen molar-refractivity contribution in [2.75, 3.05) is 19.9 Å². The van der Waals surface area contributed by atoms with E-state index in [-0.39, 0.29) is 17.7 Å². The molecule has 0 unspecified atom stereocenters. The first-order valence-corrected chi connectivity index (χ1v) is 9.56. The van der Waals surface area contributed by atoms with Crippen LogP contribution in [0.1, 0.15) is 38.2 Å². The van der Waals surface area contributed by atoms with Crippen molar-refractivity contribution in [3.63, 3.8) is 0 Å². The van der Waals surface area contributed by atoms with Gasteiger partial charge in [-0.25, -0.2) is 0 Å². The van der Waals surface area contributed by atoms with Gasteiger partial charge < -0.3 is 9.64 Å². The molecule has 1 aliphatic rings. The van der Waals surface area contributed by atoms with E-state index in [1.165, 1.54) is 19.3 Å². The average molecular weight is 337 g/mol. The zero-order chi connectivity index (χ0) is 16.8. The minimum absolute atomic E-state index is 0.0250. The van der Waals surface area contributed by atoms with Crippen LogP contribution < -0.4 is 0 Å². The summed E-state index contributed by atoms with van der Waals surface area (Å²) in [7, 11) is 2.21. The van der Waals surface area contributed by atoms with E-state index in [0.29, 0.717) is 17.4 Å². The Morgan fingerprint density at radius 2 is 1.91 bits per heavy atom. The van der Waals surface area contributed by atoms with Gasteiger partial charge in [-0.3, -0.25) is 9.00 Å². The van der Waals surface area contributed by atoms with E-state index < -0.39 is 10.8 Å². The first-order chi connectivity index (χ1) is 11.0. The lowest BCUT2D eigenvalue weighted by atomic mass is 9.85. The molecule has 1 fully saturated rings. The number of ether oxygens (including phenoxy) is 1. The number of carbonyl (C=O) groups is 1. The van der Waals surface area contributed by atoms with E-state index in [1.54, 1.807) is 7.11 Å². The van der Waals surface area contributed by atoms with Gasteiger partial charge in [0.2, 0.25) is 5.91 Å². The Balaban J connectivity index is 1.94. The van der Waals surface area contributed by atoms with Gasteiger partial charge in [0, 0.05) is 25.1 Å². The summed E-state index contributed by atoms with van der Waals surface area (Å²) < 4.78 is 17.5. The zero-order valence-electron chi connectivity index (χ0n) is 14.3. The van der Waals surface area contributed by atoms with Gasteiger partial charge in [-0.1, -0.05) is 31.9 Å². The molecule has 23 heavy (non-hydrogen) atoms. The highest BCUT2D eigenvalue weighted by Crippen LogP contribution is 2.27. The van der Waals surface area contributed by atoms with E-state index in [0.717, 1.165) is 12.0 Å². The van der Waals surface area contributed by atoms with Gasteiger partial charge >= 0.3 is 0 Å². The SMILES string of the molecule is COCc1ccc([S@@](=O)CC(=O)N(C)[C@@H]2CCCC[C@@H]2C)cc1. The summed E-state index contributed by atoms with van der Waals surface area (Å²) in [5.74, 6) is 0.561. The van der Waals surface area contributed by atoms with E-state index in [4.69, 9.17) is 4.74 Å². The Bertz CT molecular complexity index is 544. The summed E-state index contributed by atoms with van der Waals surface area (Å²) >= 11 is 0. The van der Waals surface area contributed by atoms with Gasteiger partial charge in [0.15, 0.2) is 0 Å². The van der Waals surface area contributed by atoms with Crippen molar-refractivity contribution in [2.24, 2.45) is 5.92 Å². The van der Waals surface area contributed by atoms with Crippen molar-refractivity contribution in [1.29, 1.82) is 0 Å². The maximum atomic E-state index is 12.5. The summed E-state index contributed by atoms with van der Waals surface area (Å²) in [5.41, 5.74) is 1.03. The third-order valence-corrected chi connectivity index (χ3v) is 6.02. The third-order valence-electron chi connectivity index (χ3n) is 4.71. The van der Waals surface area contributed by atoms with Crippen molar-refractivity contribution in [3.05, 3.63) is 29.8 Å². The van der Waals surface area contributed by atoms with Crippen LogP contribution >= 0.6 is 0 Å². The molecule has 4 nitrogen and oxygen atoms in total. The molecule has 0 bridgehead atoms. The molecule has 0 spiro atoms. The number of hydrogen-bond donors (Lipinski definition) is 0. The molecule has 0 heterocycles. The zero-order valence-corrected chi connectivity index (χ0v) is 15.1. The maximum absolute atomic E-state index is 12.5. The Morgan fingerprint density at radius 1 is 1.26 bits per heavy atom. The van der Waals surface area contributed by atoms with E-state index in [2.05, 4.69) is 6.92 Å². The molecule has 0 aromatic heterocycles. The molecule has 1 aromatic carbocycles. The standard InChI is InChI=1S/C18H27NO3S/c1-14-6-4-5-7-17(14)19(2)18(20)13-23(21)16-10-8-15(9-11-16)12-22-3/h8-11,14,17H,4-7,12-13H2,1-3H3/t14-,17+,23-/m0/s1. The molecule has 0 aliphatic heterocycles. The Kier molecular flexibility index (Phi) is 6.78. The second kappa shape index (κ2) is 8.60. The highest BCUT2D eigenvalue weighted by Gasteiger charge is 2.28. The highest BCUT2D eigenvalue weighted by molar-refractivity contribution is 7.85. The van der Waals surface area contributed by atoms with Crippen LogP contribution in [0.25, 0.3) is 0 Å². The van der Waals surface area contributed by atoms with Crippen molar-refractivity contribution >= 4 is 16.7 Å². The van der Waals surface area contributed by atoms with Crippen molar-refractivity contribution < 1.29 is 13.7 Å². The first kappa shape index (κ1) is 18.1. The minimum atomic E-state index is -1.29. The average Bonchev–Trinajstić information content (AvgIpc) is 2.55. The molecule has 0 saturated heterocycles. The van der Waals surface area contributed by atoms with Gasteiger partial charge in [0.1, 0.15) is 5.75 Å². The van der Waals surface area contributed by atoms with Crippen LogP contribution in [0.15, 0.2) is 29.2 Å². The molecular formula is C18H27NO3S. The Hall–Kier alpha value is -1.20. The summed E-state index contributed by atoms with van der Waals surface area (Å²) in [6.07, 6.45) is 4.66. The van der Waals surface area contributed by atoms with Crippen LogP contribution in [0.5, 0.6) is 0 Å². The van der Waals surface area contributed by atoms with Crippen LogP contribution in [0.4, 0.5) is 0 Å². The monoisotopic (exact) mass is 337 g/mol. The van der Waals surface area contributed by atoms with Crippen LogP contribution in [0, 0.1) is 5.92 Å². The van der Waals surface area contributed by atoms with Crippen LogP contribution in [-0.4, -0.2) is 41.0 Å². The summed E-state index contributed by atoms with van der Waals surface area (Å²) in [4.78, 5) is 15.0. The number of methoxy groups -OCH3 is 1. The number of rotatable bonds is 6. The summed E-state index contributed by atoms with van der Waals surface area (Å²) in [6, 6.07) is 7.72. The van der Waals surface area contributed by atoms with E-state index in [9.17, 15) is 9.00 Å². The van der Waals surface area contributed by atoms with Gasteiger partial charge in [0.25, 0.3) is 0 Å².